The zero-order valence-corrected chi connectivity index (χ0v) is 12.3. The van der Waals surface area contributed by atoms with Gasteiger partial charge in [-0.3, -0.25) is 0 Å². The van der Waals surface area contributed by atoms with Crippen LogP contribution < -0.4 is 10.5 Å². The minimum absolute atomic E-state index is 0.330. The number of halogens is 2. The predicted octanol–water partition coefficient (Wildman–Crippen LogP) is 4.42. The standard InChI is InChI=1S/C14H13FINO/c1-8-3-4-10(5-9(8)2)18-14-6-11(15)12(16)7-13(14)17/h3-7H,17H2,1-2H3. The van der Waals surface area contributed by atoms with Gasteiger partial charge < -0.3 is 10.5 Å². The van der Waals surface area contributed by atoms with Gasteiger partial charge in [0.05, 0.1) is 9.26 Å². The number of rotatable bonds is 2. The van der Waals surface area contributed by atoms with Crippen LogP contribution in [-0.4, -0.2) is 0 Å². The Hall–Kier alpha value is -1.30. The predicted molar refractivity (Wildman–Crippen MR) is 79.5 cm³/mol. The molecule has 2 N–H and O–H groups in total. The Balaban J connectivity index is 2.34. The molecule has 0 heterocycles. The summed E-state index contributed by atoms with van der Waals surface area (Å²) < 4.78 is 19.6. The second-order valence-electron chi connectivity index (χ2n) is 4.15. The van der Waals surface area contributed by atoms with E-state index in [0.717, 1.165) is 5.56 Å². The zero-order valence-electron chi connectivity index (χ0n) is 10.1. The van der Waals surface area contributed by atoms with Crippen LogP contribution in [-0.2, 0) is 0 Å². The molecule has 0 aliphatic heterocycles. The van der Waals surface area contributed by atoms with Crippen molar-refractivity contribution >= 4 is 28.3 Å². The van der Waals surface area contributed by atoms with Gasteiger partial charge in [-0.2, -0.15) is 0 Å². The summed E-state index contributed by atoms with van der Waals surface area (Å²) in [7, 11) is 0. The molecule has 0 saturated heterocycles. The average molecular weight is 357 g/mol. The Morgan fingerprint density at radius 3 is 2.50 bits per heavy atom. The van der Waals surface area contributed by atoms with Crippen LogP contribution in [0.3, 0.4) is 0 Å². The quantitative estimate of drug-likeness (QED) is 0.638. The third kappa shape index (κ3) is 2.75. The summed E-state index contributed by atoms with van der Waals surface area (Å²) in [4.78, 5) is 0. The van der Waals surface area contributed by atoms with Crippen molar-refractivity contribution in [2.75, 3.05) is 5.73 Å². The molecule has 0 saturated carbocycles. The van der Waals surface area contributed by atoms with E-state index in [2.05, 4.69) is 0 Å². The Morgan fingerprint density at radius 2 is 1.83 bits per heavy atom. The van der Waals surface area contributed by atoms with Gasteiger partial charge in [0.1, 0.15) is 11.6 Å². The summed E-state index contributed by atoms with van der Waals surface area (Å²) in [6.45, 7) is 4.03. The van der Waals surface area contributed by atoms with Gasteiger partial charge in [-0.1, -0.05) is 6.07 Å². The maximum atomic E-state index is 13.5. The van der Waals surface area contributed by atoms with E-state index in [1.165, 1.54) is 11.6 Å². The van der Waals surface area contributed by atoms with Gasteiger partial charge in [0.25, 0.3) is 0 Å². The fraction of sp³-hybridized carbons (Fsp3) is 0.143. The zero-order chi connectivity index (χ0) is 13.3. The molecular weight excluding hydrogens is 344 g/mol. The molecule has 0 unspecified atom stereocenters. The van der Waals surface area contributed by atoms with Crippen molar-refractivity contribution in [3.8, 4) is 11.5 Å². The molecule has 0 amide bonds. The first-order chi connectivity index (χ1) is 8.47. The van der Waals surface area contributed by atoms with Crippen LogP contribution in [0.5, 0.6) is 11.5 Å². The lowest BCUT2D eigenvalue weighted by atomic mass is 10.1. The summed E-state index contributed by atoms with van der Waals surface area (Å²) in [5.74, 6) is 0.671. The van der Waals surface area contributed by atoms with E-state index in [1.54, 1.807) is 6.07 Å². The number of aryl methyl sites for hydroxylation is 2. The molecular formula is C14H13FINO. The summed E-state index contributed by atoms with van der Waals surface area (Å²) in [6, 6.07) is 8.59. The number of nitrogens with two attached hydrogens (primary N) is 1. The number of benzene rings is 2. The van der Waals surface area contributed by atoms with E-state index in [9.17, 15) is 4.39 Å². The van der Waals surface area contributed by atoms with E-state index in [1.807, 2.05) is 54.6 Å². The van der Waals surface area contributed by atoms with Gasteiger partial charge in [0.15, 0.2) is 5.75 Å². The molecule has 0 aromatic heterocycles. The fourth-order valence-electron chi connectivity index (χ4n) is 1.54. The monoisotopic (exact) mass is 357 g/mol. The van der Waals surface area contributed by atoms with Crippen molar-refractivity contribution in [1.29, 1.82) is 0 Å². The topological polar surface area (TPSA) is 35.2 Å². The lowest BCUT2D eigenvalue weighted by Crippen LogP contribution is -1.95. The van der Waals surface area contributed by atoms with Gasteiger partial charge >= 0.3 is 0 Å². The second kappa shape index (κ2) is 5.14. The first-order valence-electron chi connectivity index (χ1n) is 5.47. The third-order valence-electron chi connectivity index (χ3n) is 2.76. The summed E-state index contributed by atoms with van der Waals surface area (Å²) in [5, 5.41) is 0. The molecule has 0 aliphatic rings. The maximum Gasteiger partial charge on any atom is 0.153 e. The van der Waals surface area contributed by atoms with E-state index in [0.29, 0.717) is 20.8 Å². The molecule has 0 radical (unpaired) electrons. The molecule has 2 rings (SSSR count). The Kier molecular flexibility index (Phi) is 3.75. The van der Waals surface area contributed by atoms with Gasteiger partial charge in [0.2, 0.25) is 0 Å². The molecule has 94 valence electrons. The van der Waals surface area contributed by atoms with Crippen LogP contribution >= 0.6 is 22.6 Å². The van der Waals surface area contributed by atoms with E-state index >= 15 is 0 Å². The first-order valence-corrected chi connectivity index (χ1v) is 6.55. The summed E-state index contributed by atoms with van der Waals surface area (Å²) in [5.41, 5.74) is 8.55. The van der Waals surface area contributed by atoms with Gasteiger partial charge in [-0.25, -0.2) is 4.39 Å². The molecule has 4 heteroatoms. The Bertz CT molecular complexity index is 599. The van der Waals surface area contributed by atoms with Crippen molar-refractivity contribution in [2.45, 2.75) is 13.8 Å². The highest BCUT2D eigenvalue weighted by Gasteiger charge is 2.08. The number of nitrogen functional groups attached to an aromatic ring is 1. The summed E-state index contributed by atoms with van der Waals surface area (Å²) >= 11 is 1.90. The van der Waals surface area contributed by atoms with Gasteiger partial charge in [-0.05, 0) is 65.8 Å². The van der Waals surface area contributed by atoms with E-state index in [-0.39, 0.29) is 5.82 Å². The third-order valence-corrected chi connectivity index (χ3v) is 3.59. The Labute approximate surface area is 119 Å². The molecule has 2 nitrogen and oxygen atoms in total. The molecule has 0 aliphatic carbocycles. The Morgan fingerprint density at radius 1 is 1.11 bits per heavy atom. The van der Waals surface area contributed by atoms with Crippen molar-refractivity contribution in [2.24, 2.45) is 0 Å². The highest BCUT2D eigenvalue weighted by molar-refractivity contribution is 14.1. The molecule has 0 bridgehead atoms. The van der Waals surface area contributed by atoms with Crippen LogP contribution in [0, 0.1) is 23.2 Å². The molecule has 0 fully saturated rings. The van der Waals surface area contributed by atoms with Gasteiger partial charge in [0, 0.05) is 6.07 Å². The van der Waals surface area contributed by atoms with Crippen molar-refractivity contribution in [3.05, 3.63) is 50.8 Å². The molecule has 0 atom stereocenters. The van der Waals surface area contributed by atoms with Crippen molar-refractivity contribution in [1.82, 2.24) is 0 Å². The van der Waals surface area contributed by atoms with E-state index < -0.39 is 0 Å². The van der Waals surface area contributed by atoms with Crippen LogP contribution in [0.4, 0.5) is 10.1 Å². The second-order valence-corrected chi connectivity index (χ2v) is 5.31. The number of ether oxygens (including phenoxy) is 1. The largest absolute Gasteiger partial charge is 0.455 e. The SMILES string of the molecule is Cc1ccc(Oc2cc(F)c(I)cc2N)cc1C. The fourth-order valence-corrected chi connectivity index (χ4v) is 2.03. The van der Waals surface area contributed by atoms with E-state index in [4.69, 9.17) is 10.5 Å². The lowest BCUT2D eigenvalue weighted by molar-refractivity contribution is 0.478. The van der Waals surface area contributed by atoms with Crippen LogP contribution in [0.1, 0.15) is 11.1 Å². The molecule has 2 aromatic rings. The van der Waals surface area contributed by atoms with Crippen molar-refractivity contribution in [3.63, 3.8) is 0 Å². The highest BCUT2D eigenvalue weighted by atomic mass is 127. The summed E-state index contributed by atoms with van der Waals surface area (Å²) in [6.07, 6.45) is 0. The van der Waals surface area contributed by atoms with Crippen LogP contribution in [0.15, 0.2) is 30.3 Å². The van der Waals surface area contributed by atoms with Gasteiger partial charge in [-0.15, -0.1) is 0 Å². The van der Waals surface area contributed by atoms with Crippen molar-refractivity contribution < 1.29 is 9.13 Å². The number of hydrogen-bond donors (Lipinski definition) is 1. The minimum Gasteiger partial charge on any atom is -0.455 e. The number of hydrogen-bond acceptors (Lipinski definition) is 2. The normalized spacial score (nSPS) is 10.4. The smallest absolute Gasteiger partial charge is 0.153 e. The van der Waals surface area contributed by atoms with Crippen LogP contribution in [0.2, 0.25) is 0 Å². The first kappa shape index (κ1) is 13.1. The number of anilines is 1. The minimum atomic E-state index is -0.330. The lowest BCUT2D eigenvalue weighted by Gasteiger charge is -2.10. The maximum absolute atomic E-state index is 13.5. The molecule has 0 spiro atoms. The average Bonchev–Trinajstić information content (AvgIpc) is 2.31. The molecule has 18 heavy (non-hydrogen) atoms. The highest BCUT2D eigenvalue weighted by Crippen LogP contribution is 2.31. The molecule has 2 aromatic carbocycles. The van der Waals surface area contributed by atoms with Crippen LogP contribution in [0.25, 0.3) is 0 Å².